The van der Waals surface area contributed by atoms with E-state index in [1.54, 1.807) is 13.0 Å². The van der Waals surface area contributed by atoms with Crippen molar-refractivity contribution in [2.24, 2.45) is 0 Å². The first-order chi connectivity index (χ1) is 9.04. The Bertz CT molecular complexity index is 590. The molecule has 1 aromatic heterocycles. The summed E-state index contributed by atoms with van der Waals surface area (Å²) in [6.07, 6.45) is 0. The first-order valence-electron chi connectivity index (χ1n) is 5.98. The van der Waals surface area contributed by atoms with Crippen LogP contribution in [0.25, 0.3) is 0 Å². The van der Waals surface area contributed by atoms with Crippen molar-refractivity contribution in [1.29, 1.82) is 0 Å². The molecule has 1 aromatic carbocycles. The largest absolute Gasteiger partial charge is 0.483 e. The van der Waals surface area contributed by atoms with E-state index in [2.05, 4.69) is 10.5 Å². The van der Waals surface area contributed by atoms with Crippen LogP contribution in [0.5, 0.6) is 5.75 Å². The molecule has 2 rings (SSSR count). The maximum Gasteiger partial charge on any atom is 0.264 e. The van der Waals surface area contributed by atoms with Gasteiger partial charge in [0.05, 0.1) is 5.69 Å². The number of carbonyl (C=O) groups excluding carboxylic acids is 1. The van der Waals surface area contributed by atoms with Crippen LogP contribution in [-0.2, 0) is 4.79 Å². The van der Waals surface area contributed by atoms with Gasteiger partial charge in [0.25, 0.3) is 5.91 Å². The second-order valence-electron chi connectivity index (χ2n) is 4.44. The summed E-state index contributed by atoms with van der Waals surface area (Å²) in [4.78, 5) is 11.6. The minimum atomic E-state index is -0.281. The number of aryl methyl sites for hydroxylation is 3. The molecule has 0 aliphatic heterocycles. The van der Waals surface area contributed by atoms with Gasteiger partial charge in [0.15, 0.2) is 6.61 Å². The Hall–Kier alpha value is -2.30. The molecule has 1 heterocycles. The lowest BCUT2D eigenvalue weighted by Crippen LogP contribution is -2.20. The second kappa shape index (κ2) is 5.56. The quantitative estimate of drug-likeness (QED) is 0.917. The Morgan fingerprint density at radius 1 is 1.32 bits per heavy atom. The third kappa shape index (κ3) is 3.58. The van der Waals surface area contributed by atoms with Crippen molar-refractivity contribution in [3.63, 3.8) is 0 Å². The van der Waals surface area contributed by atoms with Crippen LogP contribution in [0.4, 0.5) is 5.88 Å². The highest BCUT2D eigenvalue weighted by molar-refractivity contribution is 5.90. The van der Waals surface area contributed by atoms with E-state index >= 15 is 0 Å². The lowest BCUT2D eigenvalue weighted by molar-refractivity contribution is -0.118. The van der Waals surface area contributed by atoms with Crippen molar-refractivity contribution in [2.45, 2.75) is 20.8 Å². The van der Waals surface area contributed by atoms with Gasteiger partial charge in [-0.1, -0.05) is 22.9 Å². The summed E-state index contributed by atoms with van der Waals surface area (Å²) in [5, 5.41) is 6.25. The number of anilines is 1. The Morgan fingerprint density at radius 3 is 2.74 bits per heavy atom. The molecule has 0 aliphatic rings. The van der Waals surface area contributed by atoms with E-state index in [1.165, 1.54) is 0 Å². The van der Waals surface area contributed by atoms with Crippen LogP contribution in [-0.4, -0.2) is 17.7 Å². The predicted molar refractivity (Wildman–Crippen MR) is 71.3 cm³/mol. The first kappa shape index (κ1) is 13.1. The van der Waals surface area contributed by atoms with Gasteiger partial charge >= 0.3 is 0 Å². The molecule has 0 aliphatic carbocycles. The summed E-state index contributed by atoms with van der Waals surface area (Å²) in [6.45, 7) is 5.67. The number of amides is 1. The smallest absolute Gasteiger partial charge is 0.264 e. The summed E-state index contributed by atoms with van der Waals surface area (Å²) in [5.41, 5.74) is 2.88. The maximum absolute atomic E-state index is 11.6. The molecule has 0 spiro atoms. The van der Waals surface area contributed by atoms with E-state index in [0.717, 1.165) is 11.1 Å². The van der Waals surface area contributed by atoms with Crippen molar-refractivity contribution in [3.8, 4) is 5.75 Å². The zero-order chi connectivity index (χ0) is 13.8. The Labute approximate surface area is 111 Å². The highest BCUT2D eigenvalue weighted by Gasteiger charge is 2.08. The van der Waals surface area contributed by atoms with Gasteiger partial charge in [-0.2, -0.15) is 0 Å². The zero-order valence-electron chi connectivity index (χ0n) is 11.2. The molecule has 5 heteroatoms. The fraction of sp³-hybridized carbons (Fsp3) is 0.286. The van der Waals surface area contributed by atoms with Gasteiger partial charge in [-0.25, -0.2) is 0 Å². The summed E-state index contributed by atoms with van der Waals surface area (Å²) in [7, 11) is 0. The van der Waals surface area contributed by atoms with E-state index < -0.39 is 0 Å². The number of benzene rings is 1. The number of hydrogen-bond acceptors (Lipinski definition) is 4. The molecule has 0 unspecified atom stereocenters. The maximum atomic E-state index is 11.6. The minimum absolute atomic E-state index is 0.0658. The van der Waals surface area contributed by atoms with Crippen LogP contribution in [0.3, 0.4) is 0 Å². The van der Waals surface area contributed by atoms with E-state index in [1.807, 2.05) is 32.0 Å². The SMILES string of the molecule is Cc1ccc(OCC(=O)Nc2cc(C)no2)c(C)c1. The molecule has 1 N–H and O–H groups in total. The Morgan fingerprint density at radius 2 is 2.11 bits per heavy atom. The number of aromatic nitrogens is 1. The van der Waals surface area contributed by atoms with Gasteiger partial charge in [-0.15, -0.1) is 0 Å². The summed E-state index contributed by atoms with van der Waals surface area (Å²) >= 11 is 0. The van der Waals surface area contributed by atoms with Crippen LogP contribution in [0.1, 0.15) is 16.8 Å². The van der Waals surface area contributed by atoms with Crippen LogP contribution in [0, 0.1) is 20.8 Å². The van der Waals surface area contributed by atoms with Crippen molar-refractivity contribution in [2.75, 3.05) is 11.9 Å². The summed E-state index contributed by atoms with van der Waals surface area (Å²) < 4.78 is 10.3. The predicted octanol–water partition coefficient (Wildman–Crippen LogP) is 2.62. The number of ether oxygens (including phenoxy) is 1. The van der Waals surface area contributed by atoms with Crippen LogP contribution in [0.15, 0.2) is 28.8 Å². The van der Waals surface area contributed by atoms with Gasteiger partial charge in [0.2, 0.25) is 5.88 Å². The monoisotopic (exact) mass is 260 g/mol. The van der Waals surface area contributed by atoms with Gasteiger partial charge < -0.3 is 9.26 Å². The average molecular weight is 260 g/mol. The van der Waals surface area contributed by atoms with Crippen LogP contribution >= 0.6 is 0 Å². The third-order valence-corrected chi connectivity index (χ3v) is 2.58. The van der Waals surface area contributed by atoms with Crippen LogP contribution < -0.4 is 10.1 Å². The lowest BCUT2D eigenvalue weighted by Gasteiger charge is -2.08. The number of nitrogens with one attached hydrogen (secondary N) is 1. The fourth-order valence-corrected chi connectivity index (χ4v) is 1.70. The molecular formula is C14H16N2O3. The van der Waals surface area contributed by atoms with E-state index in [0.29, 0.717) is 17.3 Å². The molecule has 2 aromatic rings. The number of rotatable bonds is 4. The van der Waals surface area contributed by atoms with E-state index in [4.69, 9.17) is 9.26 Å². The van der Waals surface area contributed by atoms with Crippen molar-refractivity contribution in [1.82, 2.24) is 5.16 Å². The molecule has 0 saturated carbocycles. The van der Waals surface area contributed by atoms with E-state index in [-0.39, 0.29) is 12.5 Å². The molecule has 0 radical (unpaired) electrons. The van der Waals surface area contributed by atoms with E-state index in [9.17, 15) is 4.79 Å². The highest BCUT2D eigenvalue weighted by Crippen LogP contribution is 2.18. The van der Waals surface area contributed by atoms with Gasteiger partial charge in [0.1, 0.15) is 5.75 Å². The number of hydrogen-bond donors (Lipinski definition) is 1. The highest BCUT2D eigenvalue weighted by atomic mass is 16.5. The van der Waals surface area contributed by atoms with Crippen molar-refractivity contribution < 1.29 is 14.1 Å². The molecule has 5 nitrogen and oxygen atoms in total. The van der Waals surface area contributed by atoms with Crippen molar-refractivity contribution >= 4 is 11.8 Å². The van der Waals surface area contributed by atoms with Crippen LogP contribution in [0.2, 0.25) is 0 Å². The molecule has 0 bridgehead atoms. The Kier molecular flexibility index (Phi) is 3.85. The van der Waals surface area contributed by atoms with Gasteiger partial charge in [-0.05, 0) is 32.4 Å². The zero-order valence-corrected chi connectivity index (χ0v) is 11.2. The molecule has 1 amide bonds. The number of nitrogens with zero attached hydrogens (tertiary/aromatic N) is 1. The fourth-order valence-electron chi connectivity index (χ4n) is 1.70. The molecular weight excluding hydrogens is 244 g/mol. The third-order valence-electron chi connectivity index (χ3n) is 2.58. The summed E-state index contributed by atoms with van der Waals surface area (Å²) in [5.74, 6) is 0.748. The summed E-state index contributed by atoms with van der Waals surface area (Å²) in [6, 6.07) is 7.46. The Balaban J connectivity index is 1.89. The topological polar surface area (TPSA) is 64.4 Å². The lowest BCUT2D eigenvalue weighted by atomic mass is 10.1. The molecule has 0 atom stereocenters. The molecule has 0 saturated heterocycles. The average Bonchev–Trinajstić information content (AvgIpc) is 2.73. The second-order valence-corrected chi connectivity index (χ2v) is 4.44. The molecule has 100 valence electrons. The van der Waals surface area contributed by atoms with Crippen molar-refractivity contribution in [3.05, 3.63) is 41.1 Å². The molecule has 0 fully saturated rings. The van der Waals surface area contributed by atoms with Gasteiger partial charge in [-0.3, -0.25) is 10.1 Å². The first-order valence-corrected chi connectivity index (χ1v) is 5.98. The molecule has 19 heavy (non-hydrogen) atoms. The van der Waals surface area contributed by atoms with Gasteiger partial charge in [0, 0.05) is 6.07 Å². The normalized spacial score (nSPS) is 10.3. The standard InChI is InChI=1S/C14H16N2O3/c1-9-4-5-12(10(2)6-9)18-8-13(17)15-14-7-11(3)16-19-14/h4-7H,8H2,1-3H3,(H,15,17). The minimum Gasteiger partial charge on any atom is -0.483 e. The number of carbonyl (C=O) groups is 1.